The quantitative estimate of drug-likeness (QED) is 0.726. The summed E-state index contributed by atoms with van der Waals surface area (Å²) in [5.41, 5.74) is 0. The number of rotatable bonds is 6. The highest BCUT2D eigenvalue weighted by atomic mass is 32.2. The van der Waals surface area contributed by atoms with E-state index in [2.05, 4.69) is 5.32 Å². The number of nitrogens with one attached hydrogen (secondary N) is 1. The summed E-state index contributed by atoms with van der Waals surface area (Å²) in [7, 11) is 0. The zero-order chi connectivity index (χ0) is 12.1. The average molecular weight is 258 g/mol. The maximum atomic E-state index is 12.0. The third-order valence-electron chi connectivity index (χ3n) is 3.38. The minimum absolute atomic E-state index is 0.0836. The molecule has 0 aromatic rings. The summed E-state index contributed by atoms with van der Waals surface area (Å²) in [4.78, 5) is 13.9. The molecule has 1 amide bonds. The van der Waals surface area contributed by atoms with Crippen LogP contribution >= 0.6 is 11.8 Å². The van der Waals surface area contributed by atoms with Crippen molar-refractivity contribution in [3.8, 4) is 0 Å². The smallest absolute Gasteiger partial charge is 0.232 e. The van der Waals surface area contributed by atoms with Crippen LogP contribution in [0.15, 0.2) is 0 Å². The zero-order valence-electron chi connectivity index (χ0n) is 10.2. The van der Waals surface area contributed by atoms with Gasteiger partial charge in [-0.05, 0) is 38.8 Å². The standard InChI is InChI=1S/C12H22N2O2S/c15-8-7-14(10-1-2-10)12(16)9-17-11-3-5-13-6-4-11/h10-11,13,15H,1-9H2. The summed E-state index contributed by atoms with van der Waals surface area (Å²) in [5.74, 6) is 0.798. The van der Waals surface area contributed by atoms with Crippen molar-refractivity contribution < 1.29 is 9.90 Å². The van der Waals surface area contributed by atoms with Gasteiger partial charge in [-0.1, -0.05) is 0 Å². The van der Waals surface area contributed by atoms with Crippen molar-refractivity contribution in [1.82, 2.24) is 10.2 Å². The normalized spacial score (nSPS) is 21.5. The topological polar surface area (TPSA) is 52.6 Å². The molecule has 0 bridgehead atoms. The van der Waals surface area contributed by atoms with E-state index in [1.54, 1.807) is 11.8 Å². The Bertz CT molecular complexity index is 253. The van der Waals surface area contributed by atoms with Gasteiger partial charge >= 0.3 is 0 Å². The fourth-order valence-corrected chi connectivity index (χ4v) is 3.35. The van der Waals surface area contributed by atoms with Gasteiger partial charge < -0.3 is 15.3 Å². The van der Waals surface area contributed by atoms with E-state index in [0.29, 0.717) is 23.6 Å². The van der Waals surface area contributed by atoms with Gasteiger partial charge in [-0.2, -0.15) is 0 Å². The van der Waals surface area contributed by atoms with E-state index < -0.39 is 0 Å². The summed E-state index contributed by atoms with van der Waals surface area (Å²) in [5, 5.41) is 12.9. The number of aliphatic hydroxyl groups excluding tert-OH is 1. The summed E-state index contributed by atoms with van der Waals surface area (Å²) in [6.07, 6.45) is 4.57. The molecule has 0 radical (unpaired) electrons. The minimum atomic E-state index is 0.0836. The van der Waals surface area contributed by atoms with Gasteiger partial charge in [0.05, 0.1) is 12.4 Å². The van der Waals surface area contributed by atoms with Crippen molar-refractivity contribution >= 4 is 17.7 Å². The fourth-order valence-electron chi connectivity index (χ4n) is 2.24. The molecule has 1 saturated heterocycles. The van der Waals surface area contributed by atoms with Crippen molar-refractivity contribution in [3.63, 3.8) is 0 Å². The number of amides is 1. The van der Waals surface area contributed by atoms with Gasteiger partial charge in [0.2, 0.25) is 5.91 Å². The Hall–Kier alpha value is -0.260. The van der Waals surface area contributed by atoms with Gasteiger partial charge in [0.1, 0.15) is 0 Å². The Morgan fingerprint density at radius 2 is 2.00 bits per heavy atom. The Balaban J connectivity index is 1.70. The molecule has 1 aliphatic carbocycles. The molecule has 0 aromatic heterocycles. The van der Waals surface area contributed by atoms with Crippen LogP contribution in [0.4, 0.5) is 0 Å². The van der Waals surface area contributed by atoms with E-state index in [-0.39, 0.29) is 12.5 Å². The van der Waals surface area contributed by atoms with E-state index in [1.807, 2.05) is 4.90 Å². The summed E-state index contributed by atoms with van der Waals surface area (Å²) < 4.78 is 0. The Kier molecular flexibility index (Phi) is 5.13. The molecule has 0 atom stereocenters. The molecule has 98 valence electrons. The van der Waals surface area contributed by atoms with Crippen LogP contribution in [0.3, 0.4) is 0 Å². The van der Waals surface area contributed by atoms with Crippen molar-refractivity contribution in [2.75, 3.05) is 32.0 Å². The van der Waals surface area contributed by atoms with Gasteiger partial charge in [0.25, 0.3) is 0 Å². The van der Waals surface area contributed by atoms with Crippen LogP contribution in [0.2, 0.25) is 0 Å². The first kappa shape index (κ1) is 13.2. The molecule has 4 nitrogen and oxygen atoms in total. The van der Waals surface area contributed by atoms with E-state index in [1.165, 1.54) is 12.8 Å². The third-order valence-corrected chi connectivity index (χ3v) is 4.73. The van der Waals surface area contributed by atoms with Gasteiger partial charge in [0, 0.05) is 17.8 Å². The number of piperidine rings is 1. The molecule has 17 heavy (non-hydrogen) atoms. The molecule has 0 spiro atoms. The first-order chi connectivity index (χ1) is 8.31. The van der Waals surface area contributed by atoms with E-state index >= 15 is 0 Å². The summed E-state index contributed by atoms with van der Waals surface area (Å²) in [6.45, 7) is 2.75. The van der Waals surface area contributed by atoms with Crippen LogP contribution in [-0.4, -0.2) is 59.2 Å². The van der Waals surface area contributed by atoms with Crippen LogP contribution in [0, 0.1) is 0 Å². The fraction of sp³-hybridized carbons (Fsp3) is 0.917. The molecule has 1 heterocycles. The molecule has 1 aliphatic heterocycles. The second-order valence-corrected chi connectivity index (χ2v) is 6.09. The van der Waals surface area contributed by atoms with Crippen molar-refractivity contribution in [2.24, 2.45) is 0 Å². The molecule has 2 rings (SSSR count). The number of carbonyl (C=O) groups is 1. The van der Waals surface area contributed by atoms with E-state index in [0.717, 1.165) is 25.9 Å². The van der Waals surface area contributed by atoms with Gasteiger partial charge in [-0.3, -0.25) is 4.79 Å². The first-order valence-electron chi connectivity index (χ1n) is 6.54. The molecular formula is C12H22N2O2S. The van der Waals surface area contributed by atoms with E-state index in [9.17, 15) is 4.79 Å². The third kappa shape index (κ3) is 4.16. The lowest BCUT2D eigenvalue weighted by atomic mass is 10.2. The Morgan fingerprint density at radius 1 is 1.29 bits per heavy atom. The van der Waals surface area contributed by atoms with Crippen molar-refractivity contribution in [1.29, 1.82) is 0 Å². The number of nitrogens with zero attached hydrogens (tertiary/aromatic N) is 1. The van der Waals surface area contributed by atoms with Crippen molar-refractivity contribution in [3.05, 3.63) is 0 Å². The second kappa shape index (κ2) is 6.61. The molecule has 1 saturated carbocycles. The van der Waals surface area contributed by atoms with Crippen LogP contribution in [-0.2, 0) is 4.79 Å². The van der Waals surface area contributed by atoms with E-state index in [4.69, 9.17) is 5.11 Å². The average Bonchev–Trinajstić information content (AvgIpc) is 3.18. The Morgan fingerprint density at radius 3 is 2.59 bits per heavy atom. The number of hydrogen-bond acceptors (Lipinski definition) is 4. The van der Waals surface area contributed by atoms with Gasteiger partial charge in [-0.15, -0.1) is 11.8 Å². The maximum Gasteiger partial charge on any atom is 0.232 e. The minimum Gasteiger partial charge on any atom is -0.395 e. The summed E-state index contributed by atoms with van der Waals surface area (Å²) >= 11 is 1.79. The number of thioether (sulfide) groups is 1. The van der Waals surface area contributed by atoms with Crippen molar-refractivity contribution in [2.45, 2.75) is 37.0 Å². The predicted octanol–water partition coefficient (Wildman–Crippen LogP) is 0.455. The van der Waals surface area contributed by atoms with Gasteiger partial charge in [-0.25, -0.2) is 0 Å². The molecule has 5 heteroatoms. The first-order valence-corrected chi connectivity index (χ1v) is 7.59. The molecule has 2 N–H and O–H groups in total. The molecule has 2 aliphatic rings. The largest absolute Gasteiger partial charge is 0.395 e. The number of aliphatic hydroxyl groups is 1. The van der Waals surface area contributed by atoms with Crippen LogP contribution < -0.4 is 5.32 Å². The lowest BCUT2D eigenvalue weighted by Crippen LogP contribution is -2.37. The highest BCUT2D eigenvalue weighted by Crippen LogP contribution is 2.28. The molecule has 2 fully saturated rings. The van der Waals surface area contributed by atoms with Crippen LogP contribution in [0.1, 0.15) is 25.7 Å². The van der Waals surface area contributed by atoms with Gasteiger partial charge in [0.15, 0.2) is 0 Å². The SMILES string of the molecule is O=C(CSC1CCNCC1)N(CCO)C1CC1. The molecular weight excluding hydrogens is 236 g/mol. The Labute approximate surface area is 107 Å². The number of carbonyl (C=O) groups excluding carboxylic acids is 1. The van der Waals surface area contributed by atoms with Crippen LogP contribution in [0.5, 0.6) is 0 Å². The highest BCUT2D eigenvalue weighted by Gasteiger charge is 2.32. The lowest BCUT2D eigenvalue weighted by molar-refractivity contribution is -0.129. The highest BCUT2D eigenvalue weighted by molar-refractivity contribution is 8.00. The predicted molar refractivity (Wildman–Crippen MR) is 70.2 cm³/mol. The van der Waals surface area contributed by atoms with Crippen LogP contribution in [0.25, 0.3) is 0 Å². The second-order valence-electron chi connectivity index (χ2n) is 4.80. The summed E-state index contributed by atoms with van der Waals surface area (Å²) in [6, 6.07) is 0.420. The molecule has 0 aromatic carbocycles. The zero-order valence-corrected chi connectivity index (χ0v) is 11.0. The lowest BCUT2D eigenvalue weighted by Gasteiger charge is -2.25. The monoisotopic (exact) mass is 258 g/mol. The maximum absolute atomic E-state index is 12.0. The molecule has 0 unspecified atom stereocenters. The number of hydrogen-bond donors (Lipinski definition) is 2.